The highest BCUT2D eigenvalue weighted by atomic mass is 16.6. The SMILES string of the molecule is CC(C)(C)OC(=O)N1CCCC(NCCN)CC1. The van der Waals surface area contributed by atoms with Crippen LogP contribution in [0.25, 0.3) is 0 Å². The van der Waals surface area contributed by atoms with Crippen molar-refractivity contribution in [1.82, 2.24) is 10.2 Å². The summed E-state index contributed by atoms with van der Waals surface area (Å²) in [5.74, 6) is 0. The number of carbonyl (C=O) groups is 1. The molecule has 1 rings (SSSR count). The van der Waals surface area contributed by atoms with Gasteiger partial charge in [0, 0.05) is 32.2 Å². The number of amides is 1. The average molecular weight is 257 g/mol. The lowest BCUT2D eigenvalue weighted by atomic mass is 10.1. The van der Waals surface area contributed by atoms with Gasteiger partial charge >= 0.3 is 6.09 Å². The number of hydrogen-bond acceptors (Lipinski definition) is 4. The molecule has 5 nitrogen and oxygen atoms in total. The second-order valence-corrected chi connectivity index (χ2v) is 5.84. The number of nitrogens with two attached hydrogens (primary N) is 1. The summed E-state index contributed by atoms with van der Waals surface area (Å²) in [6.45, 7) is 8.74. The number of hydrogen-bond donors (Lipinski definition) is 2. The first-order valence-electron chi connectivity index (χ1n) is 6.84. The lowest BCUT2D eigenvalue weighted by molar-refractivity contribution is 0.0256. The number of rotatable bonds is 3. The van der Waals surface area contributed by atoms with Crippen LogP contribution in [-0.2, 0) is 4.74 Å². The van der Waals surface area contributed by atoms with Crippen molar-refractivity contribution in [2.75, 3.05) is 26.2 Å². The van der Waals surface area contributed by atoms with Crippen LogP contribution in [-0.4, -0.2) is 48.8 Å². The Morgan fingerprint density at radius 2 is 2.11 bits per heavy atom. The Morgan fingerprint density at radius 3 is 2.72 bits per heavy atom. The topological polar surface area (TPSA) is 67.6 Å². The van der Waals surface area contributed by atoms with E-state index in [4.69, 9.17) is 10.5 Å². The fourth-order valence-electron chi connectivity index (χ4n) is 2.10. The Hall–Kier alpha value is -0.810. The fourth-order valence-corrected chi connectivity index (χ4v) is 2.10. The molecule has 0 bridgehead atoms. The molecule has 1 amide bonds. The molecule has 0 radical (unpaired) electrons. The molecule has 0 saturated carbocycles. The van der Waals surface area contributed by atoms with Crippen LogP contribution in [0.4, 0.5) is 4.79 Å². The molecule has 0 aromatic carbocycles. The van der Waals surface area contributed by atoms with Crippen molar-refractivity contribution in [2.24, 2.45) is 5.73 Å². The standard InChI is InChI=1S/C13H27N3O2/c1-13(2,3)18-12(17)16-9-4-5-11(6-10-16)15-8-7-14/h11,15H,4-10,14H2,1-3H3. The van der Waals surface area contributed by atoms with Gasteiger partial charge in [-0.25, -0.2) is 4.79 Å². The Kier molecular flexibility index (Phi) is 5.88. The van der Waals surface area contributed by atoms with Gasteiger partial charge in [-0.3, -0.25) is 0 Å². The number of nitrogens with zero attached hydrogens (tertiary/aromatic N) is 1. The van der Waals surface area contributed by atoms with Crippen molar-refractivity contribution in [3.63, 3.8) is 0 Å². The fraction of sp³-hybridized carbons (Fsp3) is 0.923. The van der Waals surface area contributed by atoms with Crippen LogP contribution in [0.5, 0.6) is 0 Å². The van der Waals surface area contributed by atoms with Crippen LogP contribution < -0.4 is 11.1 Å². The molecule has 18 heavy (non-hydrogen) atoms. The van der Waals surface area contributed by atoms with Gasteiger partial charge in [-0.2, -0.15) is 0 Å². The minimum absolute atomic E-state index is 0.193. The van der Waals surface area contributed by atoms with E-state index in [1.807, 2.05) is 25.7 Å². The largest absolute Gasteiger partial charge is 0.444 e. The van der Waals surface area contributed by atoms with E-state index >= 15 is 0 Å². The minimum Gasteiger partial charge on any atom is -0.444 e. The van der Waals surface area contributed by atoms with Gasteiger partial charge in [0.15, 0.2) is 0 Å². The van der Waals surface area contributed by atoms with Crippen molar-refractivity contribution in [1.29, 1.82) is 0 Å². The van der Waals surface area contributed by atoms with Crippen LogP contribution in [0.15, 0.2) is 0 Å². The maximum atomic E-state index is 12.0. The molecule has 1 heterocycles. The quantitative estimate of drug-likeness (QED) is 0.800. The van der Waals surface area contributed by atoms with Gasteiger partial charge in [0.25, 0.3) is 0 Å². The van der Waals surface area contributed by atoms with E-state index in [0.29, 0.717) is 12.6 Å². The van der Waals surface area contributed by atoms with E-state index < -0.39 is 5.60 Å². The van der Waals surface area contributed by atoms with Gasteiger partial charge in [-0.05, 0) is 40.0 Å². The molecule has 5 heteroatoms. The molecule has 3 N–H and O–H groups in total. The van der Waals surface area contributed by atoms with E-state index in [9.17, 15) is 4.79 Å². The number of ether oxygens (including phenoxy) is 1. The van der Waals surface area contributed by atoms with Gasteiger partial charge in [0.05, 0.1) is 0 Å². The smallest absolute Gasteiger partial charge is 0.410 e. The molecule has 1 aliphatic rings. The van der Waals surface area contributed by atoms with Crippen LogP contribution >= 0.6 is 0 Å². The van der Waals surface area contributed by atoms with Gasteiger partial charge in [-0.15, -0.1) is 0 Å². The lowest BCUT2D eigenvalue weighted by Gasteiger charge is -2.26. The highest BCUT2D eigenvalue weighted by Crippen LogP contribution is 2.15. The van der Waals surface area contributed by atoms with Crippen molar-refractivity contribution < 1.29 is 9.53 Å². The van der Waals surface area contributed by atoms with Crippen LogP contribution in [0.2, 0.25) is 0 Å². The molecular formula is C13H27N3O2. The molecule has 1 saturated heterocycles. The third-order valence-electron chi connectivity index (χ3n) is 2.96. The van der Waals surface area contributed by atoms with Gasteiger partial charge < -0.3 is 20.7 Å². The molecular weight excluding hydrogens is 230 g/mol. The monoisotopic (exact) mass is 257 g/mol. The first kappa shape index (κ1) is 15.2. The van der Waals surface area contributed by atoms with E-state index in [1.54, 1.807) is 0 Å². The first-order valence-corrected chi connectivity index (χ1v) is 6.84. The molecule has 1 fully saturated rings. The van der Waals surface area contributed by atoms with Gasteiger partial charge in [0.2, 0.25) is 0 Å². The molecule has 106 valence electrons. The van der Waals surface area contributed by atoms with E-state index in [1.165, 1.54) is 0 Å². The predicted octanol–water partition coefficient (Wildman–Crippen LogP) is 1.32. The summed E-state index contributed by atoms with van der Waals surface area (Å²) in [5.41, 5.74) is 5.07. The summed E-state index contributed by atoms with van der Waals surface area (Å²) >= 11 is 0. The van der Waals surface area contributed by atoms with Crippen LogP contribution in [0.3, 0.4) is 0 Å². The average Bonchev–Trinajstić information content (AvgIpc) is 2.49. The zero-order valence-electron chi connectivity index (χ0n) is 11.9. The summed E-state index contributed by atoms with van der Waals surface area (Å²) in [6.07, 6.45) is 2.89. The van der Waals surface area contributed by atoms with E-state index in [-0.39, 0.29) is 6.09 Å². The number of likely N-dealkylation sites (tertiary alicyclic amines) is 1. The lowest BCUT2D eigenvalue weighted by Crippen LogP contribution is -2.38. The van der Waals surface area contributed by atoms with Crippen molar-refractivity contribution >= 4 is 6.09 Å². The Bertz CT molecular complexity index is 263. The summed E-state index contributed by atoms with van der Waals surface area (Å²) in [6, 6.07) is 0.473. The zero-order chi connectivity index (χ0) is 13.6. The van der Waals surface area contributed by atoms with Gasteiger partial charge in [0.1, 0.15) is 5.60 Å². The second kappa shape index (κ2) is 6.95. The Balaban J connectivity index is 2.39. The predicted molar refractivity (Wildman–Crippen MR) is 72.5 cm³/mol. The minimum atomic E-state index is -0.416. The van der Waals surface area contributed by atoms with Gasteiger partial charge in [-0.1, -0.05) is 0 Å². The van der Waals surface area contributed by atoms with Crippen LogP contribution in [0, 0.1) is 0 Å². The highest BCUT2D eigenvalue weighted by Gasteiger charge is 2.24. The van der Waals surface area contributed by atoms with Crippen molar-refractivity contribution in [3.05, 3.63) is 0 Å². The molecule has 0 spiro atoms. The molecule has 1 aliphatic heterocycles. The van der Waals surface area contributed by atoms with E-state index in [2.05, 4.69) is 5.32 Å². The molecule has 0 aromatic rings. The van der Waals surface area contributed by atoms with Crippen LogP contribution in [0.1, 0.15) is 40.0 Å². The summed E-state index contributed by atoms with van der Waals surface area (Å²) in [7, 11) is 0. The summed E-state index contributed by atoms with van der Waals surface area (Å²) < 4.78 is 5.40. The summed E-state index contributed by atoms with van der Waals surface area (Å²) in [5, 5.41) is 3.42. The van der Waals surface area contributed by atoms with Crippen molar-refractivity contribution in [3.8, 4) is 0 Å². The third kappa shape index (κ3) is 5.69. The highest BCUT2D eigenvalue weighted by molar-refractivity contribution is 5.68. The maximum Gasteiger partial charge on any atom is 0.410 e. The first-order chi connectivity index (χ1) is 8.42. The molecule has 0 aliphatic carbocycles. The van der Waals surface area contributed by atoms with Crippen molar-refractivity contribution in [2.45, 2.75) is 51.7 Å². The van der Waals surface area contributed by atoms with E-state index in [0.717, 1.165) is 38.9 Å². The number of nitrogens with one attached hydrogen (secondary N) is 1. The Morgan fingerprint density at radius 1 is 1.39 bits per heavy atom. The maximum absolute atomic E-state index is 12.0. The normalized spacial score (nSPS) is 21.6. The second-order valence-electron chi connectivity index (χ2n) is 5.84. The zero-order valence-corrected chi connectivity index (χ0v) is 11.9. The molecule has 1 unspecified atom stereocenters. The summed E-state index contributed by atoms with van der Waals surface area (Å²) in [4.78, 5) is 13.8. The third-order valence-corrected chi connectivity index (χ3v) is 2.96. The molecule has 1 atom stereocenters. The molecule has 0 aromatic heterocycles. The number of carbonyl (C=O) groups excluding carboxylic acids is 1. The Labute approximate surface area is 110 Å².